The zero-order chi connectivity index (χ0) is 13.1. The summed E-state index contributed by atoms with van der Waals surface area (Å²) in [7, 11) is -4.83. The van der Waals surface area contributed by atoms with Gasteiger partial charge in [-0.3, -0.25) is 0 Å². The van der Waals surface area contributed by atoms with Crippen LogP contribution in [0.1, 0.15) is 19.8 Å². The Morgan fingerprint density at radius 1 is 1.47 bits per heavy atom. The van der Waals surface area contributed by atoms with Gasteiger partial charge in [0.1, 0.15) is 17.0 Å². The second-order valence-corrected chi connectivity index (χ2v) is 7.09. The van der Waals surface area contributed by atoms with Crippen LogP contribution in [0.2, 0.25) is 0 Å². The second-order valence-electron chi connectivity index (χ2n) is 3.90. The molecule has 0 amide bonds. The van der Waals surface area contributed by atoms with Gasteiger partial charge in [0.05, 0.1) is 6.10 Å². The van der Waals surface area contributed by atoms with E-state index in [9.17, 15) is 19.5 Å². The van der Waals surface area contributed by atoms with Crippen molar-refractivity contribution < 1.29 is 33.0 Å². The summed E-state index contributed by atoms with van der Waals surface area (Å²) >= 11 is 0. The lowest BCUT2D eigenvalue weighted by atomic mass is 10.2. The van der Waals surface area contributed by atoms with Crippen LogP contribution in [0, 0.1) is 0 Å². The summed E-state index contributed by atoms with van der Waals surface area (Å²) in [5, 5.41) is 9.23. The number of hydrogen-bond donors (Lipinski definition) is 3. The van der Waals surface area contributed by atoms with Gasteiger partial charge in [-0.2, -0.15) is 9.79 Å². The predicted octanol–water partition coefficient (Wildman–Crippen LogP) is 0.982. The van der Waals surface area contributed by atoms with Gasteiger partial charge in [0.15, 0.2) is 5.66 Å². The predicted molar refractivity (Wildman–Crippen MR) is 61.5 cm³/mol. The zero-order valence-corrected chi connectivity index (χ0v) is 11.5. The van der Waals surface area contributed by atoms with Crippen LogP contribution in [-0.4, -0.2) is 46.5 Å². The van der Waals surface area contributed by atoms with Crippen LogP contribution in [0.25, 0.3) is 0 Å². The molecule has 0 heterocycles. The highest BCUT2D eigenvalue weighted by Crippen LogP contribution is 2.63. The third kappa shape index (κ3) is 5.64. The summed E-state index contributed by atoms with van der Waals surface area (Å²) in [6.07, 6.45) is 0.0148. The minimum absolute atomic E-state index is 0.0951. The molecule has 1 fully saturated rings. The molecule has 17 heavy (non-hydrogen) atoms. The smallest absolute Gasteiger partial charge is 0.391 e. The maximum Gasteiger partial charge on any atom is 0.622 e. The van der Waals surface area contributed by atoms with Gasteiger partial charge in [-0.1, -0.05) is 0 Å². The lowest BCUT2D eigenvalue weighted by Crippen LogP contribution is -2.30. The van der Waals surface area contributed by atoms with Crippen molar-refractivity contribution in [3.63, 3.8) is 0 Å². The first kappa shape index (κ1) is 15.3. The number of aliphatic hydroxyl groups is 1. The highest BCUT2D eigenvalue weighted by atomic mass is 31.3. The second kappa shape index (κ2) is 6.45. The lowest BCUT2D eigenvalue weighted by Gasteiger charge is -2.16. The summed E-state index contributed by atoms with van der Waals surface area (Å²) in [6.45, 7) is 1.24. The largest absolute Gasteiger partial charge is 0.622 e. The highest BCUT2D eigenvalue weighted by Gasteiger charge is 2.57. The number of methoxy groups -OCH3 is 1. The molecule has 0 bridgehead atoms. The Kier molecular flexibility index (Phi) is 5.83. The molecular formula is C8H18O7P2+2. The normalized spacial score (nSPS) is 21.1. The fourth-order valence-electron chi connectivity index (χ4n) is 1.06. The average molecular weight is 288 g/mol. The standard InChI is InChI=1S/C8H18O7P2/c1-6(9)8(13-2)5-14-17(11,12)15-16(10)7-3-4-7/h6-9,11-12H,3-5H2,1-2H3/q+2. The van der Waals surface area contributed by atoms with E-state index in [1.54, 1.807) is 0 Å². The van der Waals surface area contributed by atoms with Gasteiger partial charge >= 0.3 is 16.2 Å². The van der Waals surface area contributed by atoms with Crippen LogP contribution in [0.3, 0.4) is 0 Å². The molecule has 3 N–H and O–H groups in total. The fraction of sp³-hybridized carbons (Fsp3) is 1.00. The third-order valence-corrected chi connectivity index (χ3v) is 5.37. The molecule has 0 aromatic carbocycles. The Bertz CT molecular complexity index is 267. The molecule has 0 aromatic rings. The fourth-order valence-corrected chi connectivity index (χ4v) is 3.53. The molecule has 3 atom stereocenters. The topological polar surface area (TPSA) is 105 Å². The van der Waals surface area contributed by atoms with Crippen molar-refractivity contribution in [3.8, 4) is 0 Å². The summed E-state index contributed by atoms with van der Waals surface area (Å²) in [6, 6.07) is 0. The van der Waals surface area contributed by atoms with Gasteiger partial charge in [-0.25, -0.2) is 0 Å². The molecular weight excluding hydrogens is 270 g/mol. The maximum absolute atomic E-state index is 11.3. The molecule has 0 spiro atoms. The molecule has 1 saturated carbocycles. The Labute approximate surface area is 101 Å². The molecule has 1 rings (SSSR count). The van der Waals surface area contributed by atoms with Crippen LogP contribution in [0.4, 0.5) is 0 Å². The quantitative estimate of drug-likeness (QED) is 0.572. The molecule has 9 heteroatoms. The minimum Gasteiger partial charge on any atom is -0.391 e. The minimum atomic E-state index is -4.09. The molecule has 7 nitrogen and oxygen atoms in total. The monoisotopic (exact) mass is 288 g/mol. The van der Waals surface area contributed by atoms with Crippen molar-refractivity contribution in [3.05, 3.63) is 0 Å². The van der Waals surface area contributed by atoms with Gasteiger partial charge in [-0.05, 0) is 11.5 Å². The van der Waals surface area contributed by atoms with E-state index < -0.39 is 28.4 Å². The van der Waals surface area contributed by atoms with Gasteiger partial charge < -0.3 is 9.84 Å². The number of ether oxygens (including phenoxy) is 1. The lowest BCUT2D eigenvalue weighted by molar-refractivity contribution is -0.0342. The number of hydrogen-bond acceptors (Lipinski definition) is 7. The van der Waals surface area contributed by atoms with Gasteiger partial charge in [0.25, 0.3) is 0 Å². The van der Waals surface area contributed by atoms with Crippen LogP contribution in [0.5, 0.6) is 0 Å². The number of rotatable bonds is 8. The molecule has 0 aromatic heterocycles. The average Bonchev–Trinajstić information content (AvgIpc) is 2.99. The summed E-state index contributed by atoms with van der Waals surface area (Å²) in [5.41, 5.74) is -0.0951. The maximum atomic E-state index is 11.3. The van der Waals surface area contributed by atoms with E-state index in [1.165, 1.54) is 14.0 Å². The van der Waals surface area contributed by atoms with Gasteiger partial charge in [0, 0.05) is 20.0 Å². The van der Waals surface area contributed by atoms with E-state index in [4.69, 9.17) is 9.26 Å². The third-order valence-electron chi connectivity index (χ3n) is 2.28. The van der Waals surface area contributed by atoms with E-state index in [0.717, 1.165) is 12.8 Å². The van der Waals surface area contributed by atoms with Crippen molar-refractivity contribution in [2.75, 3.05) is 13.7 Å². The van der Waals surface area contributed by atoms with E-state index in [-0.39, 0.29) is 12.3 Å². The van der Waals surface area contributed by atoms with Crippen LogP contribution >= 0.6 is 16.2 Å². The first-order valence-electron chi connectivity index (χ1n) is 5.21. The highest BCUT2D eigenvalue weighted by molar-refractivity contribution is 7.62. The van der Waals surface area contributed by atoms with Crippen molar-refractivity contribution in [1.29, 1.82) is 0 Å². The zero-order valence-electron chi connectivity index (χ0n) is 9.72. The summed E-state index contributed by atoms with van der Waals surface area (Å²) in [4.78, 5) is 18.8. The van der Waals surface area contributed by atoms with E-state index in [0.29, 0.717) is 0 Å². The van der Waals surface area contributed by atoms with Gasteiger partial charge in [-0.15, -0.1) is 4.52 Å². The first-order chi connectivity index (χ1) is 7.85. The molecule has 0 aliphatic heterocycles. The molecule has 1 aliphatic rings. The molecule has 0 saturated heterocycles. The van der Waals surface area contributed by atoms with Crippen molar-refractivity contribution >= 4 is 16.2 Å². The Morgan fingerprint density at radius 2 is 2.06 bits per heavy atom. The van der Waals surface area contributed by atoms with E-state index >= 15 is 0 Å². The Balaban J connectivity index is 2.34. The first-order valence-corrected chi connectivity index (χ1v) is 7.99. The molecule has 3 unspecified atom stereocenters. The van der Waals surface area contributed by atoms with Crippen molar-refractivity contribution in [2.24, 2.45) is 0 Å². The molecule has 100 valence electrons. The molecule has 1 aliphatic carbocycles. The summed E-state index contributed by atoms with van der Waals surface area (Å²) in [5.74, 6) is 0. The number of aliphatic hydroxyl groups excluding tert-OH is 1. The SMILES string of the molecule is COC(CO[P+](O)(O)O[P+](=O)C1CC1)C(C)O. The Morgan fingerprint density at radius 3 is 2.47 bits per heavy atom. The van der Waals surface area contributed by atoms with Crippen molar-refractivity contribution in [2.45, 2.75) is 37.6 Å². The van der Waals surface area contributed by atoms with Gasteiger partial charge in [0.2, 0.25) is 0 Å². The van der Waals surface area contributed by atoms with Crippen LogP contribution in [-0.2, 0) is 18.1 Å². The van der Waals surface area contributed by atoms with Crippen molar-refractivity contribution in [1.82, 2.24) is 0 Å². The summed E-state index contributed by atoms with van der Waals surface area (Å²) < 4.78 is 25.5. The molecule has 0 radical (unpaired) electrons. The van der Waals surface area contributed by atoms with Crippen LogP contribution < -0.4 is 0 Å². The van der Waals surface area contributed by atoms with E-state index in [2.05, 4.69) is 4.31 Å². The van der Waals surface area contributed by atoms with E-state index in [1.807, 2.05) is 0 Å². The van der Waals surface area contributed by atoms with Crippen LogP contribution in [0.15, 0.2) is 0 Å². The Hall–Kier alpha value is 0.290.